The molecule has 0 heterocycles. The van der Waals surface area contributed by atoms with E-state index in [0.717, 1.165) is 108 Å². The minimum Gasteiger partial charge on any atom is -0.462 e. The maximum atomic E-state index is 13.0. The maximum Gasteiger partial charge on any atom is 0.472 e. The molecular formula is C69H134O17P2. The Kier molecular flexibility index (Phi) is 59.9. The molecule has 0 spiro atoms. The summed E-state index contributed by atoms with van der Waals surface area (Å²) in [7, 11) is -9.89. The van der Waals surface area contributed by atoms with Crippen molar-refractivity contribution in [3.05, 3.63) is 0 Å². The predicted octanol–water partition coefficient (Wildman–Crippen LogP) is 19.6. The quantitative estimate of drug-likeness (QED) is 0.0222. The summed E-state index contributed by atoms with van der Waals surface area (Å²) in [6.45, 7) is 9.52. The Hall–Kier alpha value is -1.94. The summed E-state index contributed by atoms with van der Waals surface area (Å²) in [5.41, 5.74) is 0. The molecule has 0 fully saturated rings. The number of aliphatic hydroxyl groups excluding tert-OH is 1. The Balaban J connectivity index is 5.22. The van der Waals surface area contributed by atoms with Gasteiger partial charge in [-0.3, -0.25) is 37.3 Å². The fraction of sp³-hybridized carbons (Fsp3) is 0.942. The van der Waals surface area contributed by atoms with E-state index in [-0.39, 0.29) is 25.7 Å². The van der Waals surface area contributed by atoms with Crippen molar-refractivity contribution in [2.75, 3.05) is 39.6 Å². The average molecular weight is 1300 g/mol. The summed E-state index contributed by atoms with van der Waals surface area (Å²) < 4.78 is 68.2. The number of phosphoric ester groups is 2. The van der Waals surface area contributed by atoms with Crippen LogP contribution in [0.3, 0.4) is 0 Å². The van der Waals surface area contributed by atoms with Gasteiger partial charge in [0.25, 0.3) is 0 Å². The first kappa shape index (κ1) is 86.1. The van der Waals surface area contributed by atoms with Crippen molar-refractivity contribution < 1.29 is 80.2 Å². The van der Waals surface area contributed by atoms with Gasteiger partial charge in [0, 0.05) is 25.7 Å². The number of hydrogen-bond donors (Lipinski definition) is 3. The topological polar surface area (TPSA) is 237 Å². The van der Waals surface area contributed by atoms with Crippen molar-refractivity contribution in [1.29, 1.82) is 0 Å². The number of ether oxygens (including phenoxy) is 4. The molecule has 0 saturated carbocycles. The van der Waals surface area contributed by atoms with Crippen LogP contribution < -0.4 is 0 Å². The molecule has 2 unspecified atom stereocenters. The fourth-order valence-electron chi connectivity index (χ4n) is 10.4. The highest BCUT2D eigenvalue weighted by molar-refractivity contribution is 7.47. The molecule has 0 aromatic rings. The van der Waals surface area contributed by atoms with Gasteiger partial charge < -0.3 is 33.8 Å². The maximum absolute atomic E-state index is 13.0. The van der Waals surface area contributed by atoms with Gasteiger partial charge in [-0.15, -0.1) is 0 Å². The molecule has 0 aliphatic heterocycles. The molecule has 0 radical (unpaired) electrons. The van der Waals surface area contributed by atoms with Crippen LogP contribution in [-0.4, -0.2) is 96.7 Å². The van der Waals surface area contributed by atoms with Crippen LogP contribution in [0.25, 0.3) is 0 Å². The molecule has 0 aliphatic rings. The van der Waals surface area contributed by atoms with Crippen LogP contribution in [0.4, 0.5) is 0 Å². The van der Waals surface area contributed by atoms with Gasteiger partial charge >= 0.3 is 39.5 Å². The van der Waals surface area contributed by atoms with E-state index in [1.165, 1.54) is 161 Å². The van der Waals surface area contributed by atoms with Gasteiger partial charge in [0.05, 0.1) is 26.4 Å². The summed E-state index contributed by atoms with van der Waals surface area (Å²) in [5, 5.41) is 10.6. The summed E-state index contributed by atoms with van der Waals surface area (Å²) in [4.78, 5) is 72.4. The molecule has 0 rings (SSSR count). The highest BCUT2D eigenvalue weighted by Gasteiger charge is 2.30. The Morgan fingerprint density at radius 3 is 0.773 bits per heavy atom. The van der Waals surface area contributed by atoms with E-state index in [0.29, 0.717) is 25.7 Å². The monoisotopic (exact) mass is 1300 g/mol. The smallest absolute Gasteiger partial charge is 0.462 e. The lowest BCUT2D eigenvalue weighted by atomic mass is 10.0. The molecule has 522 valence electrons. The van der Waals surface area contributed by atoms with Crippen LogP contribution in [0, 0.1) is 11.8 Å². The first-order chi connectivity index (χ1) is 42.4. The average Bonchev–Trinajstić information content (AvgIpc) is 3.59. The number of unbranched alkanes of at least 4 members (excludes halogenated alkanes) is 38. The summed E-state index contributed by atoms with van der Waals surface area (Å²) >= 11 is 0. The van der Waals surface area contributed by atoms with E-state index in [9.17, 15) is 43.2 Å². The number of esters is 4. The van der Waals surface area contributed by atoms with Gasteiger partial charge in [-0.1, -0.05) is 298 Å². The van der Waals surface area contributed by atoms with Crippen LogP contribution >= 0.6 is 15.6 Å². The molecule has 88 heavy (non-hydrogen) atoms. The second-order valence-electron chi connectivity index (χ2n) is 25.9. The molecule has 17 nitrogen and oxygen atoms in total. The Bertz CT molecular complexity index is 1720. The highest BCUT2D eigenvalue weighted by Crippen LogP contribution is 2.45. The van der Waals surface area contributed by atoms with Crippen LogP contribution in [0.2, 0.25) is 0 Å². The van der Waals surface area contributed by atoms with E-state index in [2.05, 4.69) is 41.5 Å². The van der Waals surface area contributed by atoms with Gasteiger partial charge in [0.2, 0.25) is 0 Å². The fourth-order valence-corrected chi connectivity index (χ4v) is 12.0. The zero-order valence-electron chi connectivity index (χ0n) is 57.0. The van der Waals surface area contributed by atoms with Gasteiger partial charge in [0.1, 0.15) is 19.3 Å². The molecule has 19 heteroatoms. The molecule has 5 atom stereocenters. The van der Waals surface area contributed by atoms with Crippen molar-refractivity contribution in [2.24, 2.45) is 11.8 Å². The molecule has 0 saturated heterocycles. The number of phosphoric acid groups is 2. The van der Waals surface area contributed by atoms with Gasteiger partial charge in [-0.05, 0) is 37.5 Å². The molecule has 0 bridgehead atoms. The van der Waals surface area contributed by atoms with Crippen LogP contribution in [0.5, 0.6) is 0 Å². The lowest BCUT2D eigenvalue weighted by molar-refractivity contribution is -0.161. The Morgan fingerprint density at radius 1 is 0.307 bits per heavy atom. The minimum absolute atomic E-state index is 0.107. The third-order valence-corrected chi connectivity index (χ3v) is 17.9. The summed E-state index contributed by atoms with van der Waals surface area (Å²) in [6.07, 6.45) is 45.8. The number of carbonyl (C=O) groups excluding carboxylic acids is 4. The van der Waals surface area contributed by atoms with E-state index >= 15 is 0 Å². The number of hydrogen-bond acceptors (Lipinski definition) is 15. The molecule has 0 aromatic heterocycles. The molecule has 0 aromatic carbocycles. The first-order valence-corrected chi connectivity index (χ1v) is 39.0. The normalized spacial score (nSPS) is 14.2. The second kappa shape index (κ2) is 61.3. The Morgan fingerprint density at radius 2 is 0.523 bits per heavy atom. The molecular weight excluding hydrogens is 1160 g/mol. The predicted molar refractivity (Wildman–Crippen MR) is 354 cm³/mol. The van der Waals surface area contributed by atoms with Crippen molar-refractivity contribution in [1.82, 2.24) is 0 Å². The van der Waals surface area contributed by atoms with E-state index in [1.807, 2.05) is 0 Å². The number of rotatable bonds is 68. The summed E-state index contributed by atoms with van der Waals surface area (Å²) in [5.74, 6) is -0.582. The molecule has 0 amide bonds. The number of aliphatic hydroxyl groups is 1. The van der Waals surface area contributed by atoms with E-state index in [1.54, 1.807) is 0 Å². The molecule has 3 N–H and O–H groups in total. The SMILES string of the molecule is CCCCCCCCCCCCCC(=O)O[C@H](COC(=O)CCCCCCCCCC)COP(=O)(O)OC[C@H](O)COP(=O)(O)OC[C@@H](COC(=O)CCCCCCCCCCCCC(C)C)OC(=O)CCCCCCCCCCCCCCCC(C)C. The van der Waals surface area contributed by atoms with Crippen molar-refractivity contribution in [3.63, 3.8) is 0 Å². The van der Waals surface area contributed by atoms with Crippen molar-refractivity contribution in [2.45, 2.75) is 368 Å². The lowest BCUT2D eigenvalue weighted by Gasteiger charge is -2.21. The van der Waals surface area contributed by atoms with Crippen LogP contribution in [0.1, 0.15) is 350 Å². The van der Waals surface area contributed by atoms with Gasteiger partial charge in [-0.2, -0.15) is 0 Å². The highest BCUT2D eigenvalue weighted by atomic mass is 31.2. The first-order valence-electron chi connectivity index (χ1n) is 36.0. The third-order valence-electron chi connectivity index (χ3n) is 16.0. The standard InChI is InChI=1S/C69H134O17P2/c1-7-9-11-13-15-17-21-29-35-41-47-53-68(73)85-64(57-79-66(71)51-45-39-33-16-14-12-10-8-2)59-83-87(75,76)81-55-63(70)56-82-88(77,78)84-60-65(58-80-67(72)52-46-40-34-28-25-24-27-32-38-44-50-62(5)6)86-69(74)54-48-42-36-30-23-20-18-19-22-26-31-37-43-49-61(3)4/h61-65,70H,7-60H2,1-6H3,(H,75,76)(H,77,78)/t63-,64+,65+/m0/s1. The lowest BCUT2D eigenvalue weighted by Crippen LogP contribution is -2.30. The van der Waals surface area contributed by atoms with Gasteiger partial charge in [0.15, 0.2) is 12.2 Å². The van der Waals surface area contributed by atoms with Gasteiger partial charge in [-0.25, -0.2) is 9.13 Å². The molecule has 0 aliphatic carbocycles. The van der Waals surface area contributed by atoms with Crippen LogP contribution in [0.15, 0.2) is 0 Å². The third kappa shape index (κ3) is 62.8. The minimum atomic E-state index is -4.95. The largest absolute Gasteiger partial charge is 0.472 e. The zero-order valence-corrected chi connectivity index (χ0v) is 58.8. The van der Waals surface area contributed by atoms with E-state index < -0.39 is 97.5 Å². The number of carbonyl (C=O) groups is 4. The zero-order chi connectivity index (χ0) is 65.0. The van der Waals surface area contributed by atoms with E-state index in [4.69, 9.17) is 37.0 Å². The second-order valence-corrected chi connectivity index (χ2v) is 28.8. The van der Waals surface area contributed by atoms with Crippen LogP contribution in [-0.2, 0) is 65.4 Å². The van der Waals surface area contributed by atoms with Crippen molar-refractivity contribution in [3.8, 4) is 0 Å². The summed E-state index contributed by atoms with van der Waals surface area (Å²) in [6, 6.07) is 0. The Labute approximate surface area is 537 Å². The van der Waals surface area contributed by atoms with Crippen molar-refractivity contribution >= 4 is 39.5 Å².